The molecule has 1 unspecified atom stereocenters. The predicted molar refractivity (Wildman–Crippen MR) is 87.6 cm³/mol. The van der Waals surface area contributed by atoms with Crippen molar-refractivity contribution in [2.45, 2.75) is 50.1 Å². The number of halogens is 1. The second kappa shape index (κ2) is 9.61. The van der Waals surface area contributed by atoms with Crippen LogP contribution in [0.3, 0.4) is 0 Å². The second-order valence-corrected chi connectivity index (χ2v) is 6.54. The average Bonchev–Trinajstić information content (AvgIpc) is 2.49. The molecule has 0 saturated heterocycles. The maximum absolute atomic E-state index is 9.65. The van der Waals surface area contributed by atoms with Crippen molar-refractivity contribution in [2.24, 2.45) is 0 Å². The van der Waals surface area contributed by atoms with Crippen LogP contribution in [-0.2, 0) is 0 Å². The third kappa shape index (κ3) is 6.00. The van der Waals surface area contributed by atoms with Crippen LogP contribution in [0, 0.1) is 0 Å². The number of aliphatic hydroxyl groups excluding tert-OH is 1. The van der Waals surface area contributed by atoms with Crippen molar-refractivity contribution in [1.29, 1.82) is 0 Å². The number of pyridine rings is 1. The highest BCUT2D eigenvalue weighted by Crippen LogP contribution is 2.22. The Morgan fingerprint density at radius 1 is 1.40 bits per heavy atom. The fraction of sp³-hybridized carbons (Fsp3) is 0.667. The first-order chi connectivity index (χ1) is 9.65. The fourth-order valence-electron chi connectivity index (χ4n) is 2.06. The molecule has 1 heterocycles. The van der Waals surface area contributed by atoms with Crippen LogP contribution in [0.5, 0.6) is 0 Å². The molecule has 1 aromatic heterocycles. The SMILES string of the molecule is CCCNC(CC)(CO)CCCSc1ccc(Cl)cn1. The van der Waals surface area contributed by atoms with Gasteiger partial charge in [-0.05, 0) is 50.1 Å². The van der Waals surface area contributed by atoms with Gasteiger partial charge in [0, 0.05) is 11.7 Å². The Bertz CT molecular complexity index is 369. The van der Waals surface area contributed by atoms with E-state index in [9.17, 15) is 5.11 Å². The minimum absolute atomic E-state index is 0.121. The summed E-state index contributed by atoms with van der Waals surface area (Å²) in [7, 11) is 0. The van der Waals surface area contributed by atoms with Crippen LogP contribution in [0.15, 0.2) is 23.4 Å². The zero-order valence-electron chi connectivity index (χ0n) is 12.4. The molecule has 3 nitrogen and oxygen atoms in total. The summed E-state index contributed by atoms with van der Waals surface area (Å²) >= 11 is 7.55. The normalized spacial score (nSPS) is 14.2. The largest absolute Gasteiger partial charge is 0.394 e. The van der Waals surface area contributed by atoms with Gasteiger partial charge in [-0.25, -0.2) is 4.98 Å². The molecule has 0 aromatic carbocycles. The second-order valence-electron chi connectivity index (χ2n) is 4.99. The molecule has 0 spiro atoms. The summed E-state index contributed by atoms with van der Waals surface area (Å²) in [4.78, 5) is 4.27. The van der Waals surface area contributed by atoms with Crippen LogP contribution in [0.25, 0.3) is 0 Å². The first-order valence-corrected chi connectivity index (χ1v) is 8.62. The lowest BCUT2D eigenvalue weighted by atomic mass is 9.91. The van der Waals surface area contributed by atoms with Crippen molar-refractivity contribution in [3.63, 3.8) is 0 Å². The third-order valence-electron chi connectivity index (χ3n) is 3.48. The van der Waals surface area contributed by atoms with Gasteiger partial charge in [0.05, 0.1) is 16.7 Å². The highest BCUT2D eigenvalue weighted by atomic mass is 35.5. The standard InChI is InChI=1S/C15H25ClN2OS/c1-3-9-18-15(4-2,12-19)8-5-10-20-14-7-6-13(16)11-17-14/h6-7,11,18-19H,3-5,8-10,12H2,1-2H3. The van der Waals surface area contributed by atoms with Crippen molar-refractivity contribution in [1.82, 2.24) is 10.3 Å². The van der Waals surface area contributed by atoms with E-state index in [1.807, 2.05) is 12.1 Å². The summed E-state index contributed by atoms with van der Waals surface area (Å²) in [5.41, 5.74) is -0.121. The molecule has 0 aliphatic carbocycles. The van der Waals surface area contributed by atoms with E-state index in [0.29, 0.717) is 5.02 Å². The molecule has 1 aromatic rings. The van der Waals surface area contributed by atoms with Gasteiger partial charge in [-0.1, -0.05) is 25.4 Å². The number of rotatable bonds is 10. The van der Waals surface area contributed by atoms with E-state index in [2.05, 4.69) is 24.1 Å². The Morgan fingerprint density at radius 2 is 2.20 bits per heavy atom. The Morgan fingerprint density at radius 3 is 2.75 bits per heavy atom. The van der Waals surface area contributed by atoms with Gasteiger partial charge >= 0.3 is 0 Å². The van der Waals surface area contributed by atoms with Gasteiger partial charge in [-0.2, -0.15) is 0 Å². The fourth-order valence-corrected chi connectivity index (χ4v) is 2.96. The van der Waals surface area contributed by atoms with Gasteiger partial charge < -0.3 is 10.4 Å². The minimum Gasteiger partial charge on any atom is -0.394 e. The van der Waals surface area contributed by atoms with Crippen LogP contribution >= 0.6 is 23.4 Å². The maximum atomic E-state index is 9.65. The zero-order chi connectivity index (χ0) is 14.8. The number of hydrogen-bond acceptors (Lipinski definition) is 4. The summed E-state index contributed by atoms with van der Waals surface area (Å²) in [5, 5.41) is 14.8. The summed E-state index contributed by atoms with van der Waals surface area (Å²) in [6, 6.07) is 3.81. The average molecular weight is 317 g/mol. The lowest BCUT2D eigenvalue weighted by Crippen LogP contribution is -2.48. The number of nitrogens with one attached hydrogen (secondary N) is 1. The molecule has 0 radical (unpaired) electrons. The van der Waals surface area contributed by atoms with Crippen molar-refractivity contribution < 1.29 is 5.11 Å². The number of hydrogen-bond donors (Lipinski definition) is 2. The summed E-state index contributed by atoms with van der Waals surface area (Å²) < 4.78 is 0. The first-order valence-electron chi connectivity index (χ1n) is 7.26. The Hall–Kier alpha value is -0.290. The van der Waals surface area contributed by atoms with Crippen LogP contribution in [-0.4, -0.2) is 34.5 Å². The lowest BCUT2D eigenvalue weighted by Gasteiger charge is -2.32. The van der Waals surface area contributed by atoms with Crippen molar-refractivity contribution >= 4 is 23.4 Å². The summed E-state index contributed by atoms with van der Waals surface area (Å²) in [5.74, 6) is 1.00. The Balaban J connectivity index is 2.34. The molecule has 5 heteroatoms. The van der Waals surface area contributed by atoms with Gasteiger partial charge in [0.25, 0.3) is 0 Å². The summed E-state index contributed by atoms with van der Waals surface area (Å²) in [6.07, 6.45) is 5.76. The smallest absolute Gasteiger partial charge is 0.0960 e. The molecule has 0 amide bonds. The van der Waals surface area contributed by atoms with E-state index in [-0.39, 0.29) is 12.1 Å². The minimum atomic E-state index is -0.121. The number of aromatic nitrogens is 1. The highest BCUT2D eigenvalue weighted by molar-refractivity contribution is 7.99. The van der Waals surface area contributed by atoms with E-state index in [0.717, 1.165) is 43.0 Å². The van der Waals surface area contributed by atoms with Gasteiger partial charge in [0.2, 0.25) is 0 Å². The molecule has 0 aliphatic rings. The molecule has 0 aliphatic heterocycles. The Kier molecular flexibility index (Phi) is 8.53. The van der Waals surface area contributed by atoms with E-state index < -0.39 is 0 Å². The molecule has 114 valence electrons. The molecular formula is C15H25ClN2OS. The van der Waals surface area contributed by atoms with Crippen LogP contribution < -0.4 is 5.32 Å². The molecule has 2 N–H and O–H groups in total. The number of thioether (sulfide) groups is 1. The van der Waals surface area contributed by atoms with Gasteiger partial charge in [-0.15, -0.1) is 11.8 Å². The molecule has 1 rings (SSSR count). The molecule has 0 saturated carbocycles. The van der Waals surface area contributed by atoms with Crippen molar-refractivity contribution in [2.75, 3.05) is 18.9 Å². The molecule has 20 heavy (non-hydrogen) atoms. The first kappa shape index (κ1) is 17.8. The van der Waals surface area contributed by atoms with Gasteiger partial charge in [-0.3, -0.25) is 0 Å². The highest BCUT2D eigenvalue weighted by Gasteiger charge is 2.25. The Labute approximate surface area is 131 Å². The van der Waals surface area contributed by atoms with Crippen LogP contribution in [0.2, 0.25) is 5.02 Å². The zero-order valence-corrected chi connectivity index (χ0v) is 13.9. The summed E-state index contributed by atoms with van der Waals surface area (Å²) in [6.45, 7) is 5.44. The van der Waals surface area contributed by atoms with Gasteiger partial charge in [0.15, 0.2) is 0 Å². The maximum Gasteiger partial charge on any atom is 0.0960 e. The molecular weight excluding hydrogens is 292 g/mol. The van der Waals surface area contributed by atoms with Crippen molar-refractivity contribution in [3.05, 3.63) is 23.4 Å². The number of nitrogens with zero attached hydrogens (tertiary/aromatic N) is 1. The van der Waals surface area contributed by atoms with E-state index in [1.54, 1.807) is 18.0 Å². The van der Waals surface area contributed by atoms with Gasteiger partial charge in [0.1, 0.15) is 0 Å². The van der Waals surface area contributed by atoms with E-state index in [4.69, 9.17) is 11.6 Å². The van der Waals surface area contributed by atoms with E-state index >= 15 is 0 Å². The van der Waals surface area contributed by atoms with E-state index in [1.165, 1.54) is 0 Å². The molecule has 0 bridgehead atoms. The van der Waals surface area contributed by atoms with Crippen LogP contribution in [0.4, 0.5) is 0 Å². The lowest BCUT2D eigenvalue weighted by molar-refractivity contribution is 0.146. The quantitative estimate of drug-likeness (QED) is 0.510. The van der Waals surface area contributed by atoms with Crippen molar-refractivity contribution in [3.8, 4) is 0 Å². The van der Waals surface area contributed by atoms with Crippen LogP contribution in [0.1, 0.15) is 39.5 Å². The predicted octanol–water partition coefficient (Wildman–Crippen LogP) is 3.75. The monoisotopic (exact) mass is 316 g/mol. The topological polar surface area (TPSA) is 45.1 Å². The molecule has 1 atom stereocenters. The third-order valence-corrected chi connectivity index (χ3v) is 4.73. The molecule has 0 fully saturated rings. The number of aliphatic hydroxyl groups is 1.